The monoisotopic (exact) mass is 268 g/mol. The van der Waals surface area contributed by atoms with Crippen LogP contribution in [0.2, 0.25) is 3.63 Å². The third-order valence-corrected chi connectivity index (χ3v) is 10.3. The molecule has 0 fully saturated rings. The first-order valence-electron chi connectivity index (χ1n) is 5.04. The molecule has 80 valence electrons. The van der Waals surface area contributed by atoms with Crippen molar-refractivity contribution < 1.29 is 30.0 Å². The molecular weight excluding hydrogens is 247 g/mol. The number of hydrogen-bond acceptors (Lipinski definition) is 3. The molecule has 0 N–H and O–H groups in total. The molecule has 0 amide bonds. The second-order valence-electron chi connectivity index (χ2n) is 3.06. The molecule has 0 aromatic rings. The van der Waals surface area contributed by atoms with Crippen molar-refractivity contribution in [2.24, 2.45) is 0 Å². The van der Waals surface area contributed by atoms with Crippen molar-refractivity contribution in [3.8, 4) is 0 Å². The molecule has 0 saturated carbocycles. The van der Waals surface area contributed by atoms with Gasteiger partial charge in [-0.2, -0.15) is 0 Å². The zero-order valence-corrected chi connectivity index (χ0v) is 11.9. The molecule has 0 unspecified atom stereocenters. The first-order valence-corrected chi connectivity index (χ1v) is 9.47. The molecule has 0 aromatic heterocycles. The minimum absolute atomic E-state index is 0.397. The number of hydrogen-bond donors (Lipinski definition) is 0. The summed E-state index contributed by atoms with van der Waals surface area (Å²) in [4.78, 5) is 0. The molecule has 0 radical (unpaired) electrons. The molecule has 0 saturated heterocycles. The van der Waals surface area contributed by atoms with Gasteiger partial charge >= 0.3 is 88.1 Å². The molecule has 4 heteroatoms. The summed E-state index contributed by atoms with van der Waals surface area (Å²) in [5.41, 5.74) is 0. The quantitative estimate of drug-likeness (QED) is 0.711. The molecule has 0 spiro atoms. The van der Waals surface area contributed by atoms with Gasteiger partial charge in [-0.1, -0.05) is 0 Å². The van der Waals surface area contributed by atoms with Crippen LogP contribution in [-0.2, 0) is 30.0 Å². The Kier molecular flexibility index (Phi) is 7.52. The van der Waals surface area contributed by atoms with Gasteiger partial charge in [0.15, 0.2) is 0 Å². The standard InChI is InChI=1S/C3H7.3C2H5O.Zr/c1-3-2;3*1-2-3;/h3H,1-2H3;3*2H2,1H3;/q;3*-1;+3. The predicted octanol–water partition coefficient (Wildman–Crippen LogP) is 2.82. The van der Waals surface area contributed by atoms with Crippen molar-refractivity contribution in [1.82, 2.24) is 0 Å². The van der Waals surface area contributed by atoms with Gasteiger partial charge in [-0.3, -0.25) is 0 Å². The maximum absolute atomic E-state index is 5.74. The van der Waals surface area contributed by atoms with Crippen molar-refractivity contribution >= 4 is 0 Å². The van der Waals surface area contributed by atoms with Crippen LogP contribution in [0.25, 0.3) is 0 Å². The fourth-order valence-electron chi connectivity index (χ4n) is 1.23. The Hall–Kier alpha value is 0.763. The van der Waals surface area contributed by atoms with Crippen LogP contribution in [0.15, 0.2) is 0 Å². The Morgan fingerprint density at radius 2 is 1.15 bits per heavy atom. The van der Waals surface area contributed by atoms with Crippen LogP contribution in [0.3, 0.4) is 0 Å². The van der Waals surface area contributed by atoms with E-state index >= 15 is 0 Å². The Labute approximate surface area is 88.0 Å². The van der Waals surface area contributed by atoms with E-state index in [0.717, 1.165) is 0 Å². The Morgan fingerprint density at radius 3 is 1.31 bits per heavy atom. The second-order valence-corrected chi connectivity index (χ2v) is 11.0. The van der Waals surface area contributed by atoms with Gasteiger partial charge in [0.05, 0.1) is 0 Å². The summed E-state index contributed by atoms with van der Waals surface area (Å²) < 4.78 is 17.6. The molecule has 0 aliphatic heterocycles. The Morgan fingerprint density at radius 1 is 0.846 bits per heavy atom. The van der Waals surface area contributed by atoms with Crippen molar-refractivity contribution in [1.29, 1.82) is 0 Å². The summed E-state index contributed by atoms with van der Waals surface area (Å²) in [6, 6.07) is 0. The summed E-state index contributed by atoms with van der Waals surface area (Å²) in [5, 5.41) is 0. The topological polar surface area (TPSA) is 27.7 Å². The minimum atomic E-state index is -3.15. The van der Waals surface area contributed by atoms with Crippen LogP contribution < -0.4 is 0 Å². The van der Waals surface area contributed by atoms with E-state index in [1.807, 2.05) is 20.8 Å². The molecule has 0 aliphatic carbocycles. The van der Waals surface area contributed by atoms with Crippen LogP contribution in [0.4, 0.5) is 0 Å². The Bertz CT molecular complexity index is 111. The summed E-state index contributed by atoms with van der Waals surface area (Å²) in [6.07, 6.45) is 0. The van der Waals surface area contributed by atoms with E-state index < -0.39 is 21.6 Å². The van der Waals surface area contributed by atoms with Gasteiger partial charge in [-0.25, -0.2) is 0 Å². The summed E-state index contributed by atoms with van der Waals surface area (Å²) >= 11 is -3.15. The third kappa shape index (κ3) is 4.20. The van der Waals surface area contributed by atoms with Gasteiger partial charge in [-0.05, 0) is 0 Å². The van der Waals surface area contributed by atoms with E-state index in [-0.39, 0.29) is 0 Å². The first kappa shape index (κ1) is 13.8. The first-order chi connectivity index (χ1) is 6.13. The maximum atomic E-state index is 5.74. The average Bonchev–Trinajstić information content (AvgIpc) is 2.05. The molecule has 0 atom stereocenters. The SMILES string of the molecule is CC[O][Zr]([O]CC)([O]CC)[CH](C)C. The van der Waals surface area contributed by atoms with Gasteiger partial charge in [0, 0.05) is 0 Å². The molecule has 3 nitrogen and oxygen atoms in total. The van der Waals surface area contributed by atoms with Crippen molar-refractivity contribution in [3.05, 3.63) is 0 Å². The fourth-order valence-corrected chi connectivity index (χ4v) is 7.27. The van der Waals surface area contributed by atoms with Gasteiger partial charge in [-0.15, -0.1) is 0 Å². The Balaban J connectivity index is 4.38. The summed E-state index contributed by atoms with van der Waals surface area (Å²) in [7, 11) is 0. The van der Waals surface area contributed by atoms with E-state index in [4.69, 9.17) is 8.44 Å². The molecule has 0 aromatic carbocycles. The third-order valence-electron chi connectivity index (χ3n) is 1.74. The van der Waals surface area contributed by atoms with Crippen LogP contribution in [0.5, 0.6) is 0 Å². The van der Waals surface area contributed by atoms with Crippen LogP contribution >= 0.6 is 0 Å². The molecule has 0 heterocycles. The van der Waals surface area contributed by atoms with Gasteiger partial charge in [0.1, 0.15) is 0 Å². The van der Waals surface area contributed by atoms with Crippen molar-refractivity contribution in [2.75, 3.05) is 19.8 Å². The molecule has 0 rings (SSSR count). The summed E-state index contributed by atoms with van der Waals surface area (Å²) in [5.74, 6) is 0. The van der Waals surface area contributed by atoms with Crippen molar-refractivity contribution in [2.45, 2.75) is 38.2 Å². The predicted molar refractivity (Wildman–Crippen MR) is 50.0 cm³/mol. The van der Waals surface area contributed by atoms with Crippen molar-refractivity contribution in [3.63, 3.8) is 0 Å². The van der Waals surface area contributed by atoms with Crippen LogP contribution in [-0.4, -0.2) is 19.8 Å². The molecule has 0 aliphatic rings. The van der Waals surface area contributed by atoms with Gasteiger partial charge in [0.2, 0.25) is 0 Å². The average molecular weight is 269 g/mol. The van der Waals surface area contributed by atoms with E-state index in [2.05, 4.69) is 13.8 Å². The normalized spacial score (nSPS) is 12.5. The van der Waals surface area contributed by atoms with Crippen LogP contribution in [0.1, 0.15) is 34.6 Å². The second kappa shape index (κ2) is 7.11. The molecule has 13 heavy (non-hydrogen) atoms. The van der Waals surface area contributed by atoms with Gasteiger partial charge in [0.25, 0.3) is 0 Å². The van der Waals surface area contributed by atoms with E-state index in [9.17, 15) is 0 Å². The summed E-state index contributed by atoms with van der Waals surface area (Å²) in [6.45, 7) is 12.3. The zero-order chi connectivity index (χ0) is 10.3. The van der Waals surface area contributed by atoms with Crippen LogP contribution in [0, 0.1) is 0 Å². The number of rotatable bonds is 7. The van der Waals surface area contributed by atoms with E-state index in [1.165, 1.54) is 0 Å². The van der Waals surface area contributed by atoms with E-state index in [1.54, 1.807) is 0 Å². The zero-order valence-electron chi connectivity index (χ0n) is 9.42. The molecular formula is C9H22O3Zr. The fraction of sp³-hybridized carbons (Fsp3) is 1.00. The molecule has 0 bridgehead atoms. The van der Waals surface area contributed by atoms with E-state index in [0.29, 0.717) is 23.4 Å². The van der Waals surface area contributed by atoms with Gasteiger partial charge < -0.3 is 0 Å².